The van der Waals surface area contributed by atoms with Crippen LogP contribution in [0.15, 0.2) is 21.4 Å². The molecule has 0 aliphatic heterocycles. The van der Waals surface area contributed by atoms with E-state index in [0.717, 1.165) is 29.6 Å². The van der Waals surface area contributed by atoms with E-state index >= 15 is 0 Å². The molecule has 0 amide bonds. The Morgan fingerprint density at radius 3 is 2.83 bits per heavy atom. The summed E-state index contributed by atoms with van der Waals surface area (Å²) in [6, 6.07) is 3.13. The molecule has 1 saturated carbocycles. The van der Waals surface area contributed by atoms with Crippen molar-refractivity contribution in [3.05, 3.63) is 37.1 Å². The topological polar surface area (TPSA) is 65.1 Å². The molecule has 2 heterocycles. The zero-order chi connectivity index (χ0) is 12.9. The Morgan fingerprint density at radius 1 is 1.50 bits per heavy atom. The third-order valence-electron chi connectivity index (χ3n) is 3.06. The molecule has 0 atom stereocenters. The van der Waals surface area contributed by atoms with Crippen molar-refractivity contribution in [2.45, 2.75) is 19.4 Å². The first kappa shape index (κ1) is 11.9. The van der Waals surface area contributed by atoms with Crippen LogP contribution in [-0.2, 0) is 6.54 Å². The second-order valence-electron chi connectivity index (χ2n) is 4.42. The summed E-state index contributed by atoms with van der Waals surface area (Å²) in [5, 5.41) is 11.7. The monoisotopic (exact) mass is 328 g/mol. The zero-order valence-electron chi connectivity index (χ0n) is 9.26. The van der Waals surface area contributed by atoms with Crippen molar-refractivity contribution in [1.82, 2.24) is 4.57 Å². The lowest BCUT2D eigenvalue weighted by molar-refractivity contribution is -0.380. The predicted molar refractivity (Wildman–Crippen MR) is 73.2 cm³/mol. The normalized spacial score (nSPS) is 15.2. The summed E-state index contributed by atoms with van der Waals surface area (Å²) in [6.07, 6.45) is 2.27. The number of hydrogen-bond acceptors (Lipinski definition) is 4. The van der Waals surface area contributed by atoms with Gasteiger partial charge in [-0.2, -0.15) is 0 Å². The maximum Gasteiger partial charge on any atom is 0.340 e. The molecule has 94 valence electrons. The van der Waals surface area contributed by atoms with Crippen LogP contribution in [0.2, 0.25) is 0 Å². The first-order valence-corrected chi connectivity index (χ1v) is 7.15. The van der Waals surface area contributed by atoms with Crippen LogP contribution >= 0.6 is 27.3 Å². The first-order chi connectivity index (χ1) is 8.58. The number of nitrogens with zero attached hydrogens (tertiary/aromatic N) is 2. The van der Waals surface area contributed by atoms with E-state index in [1.807, 2.05) is 0 Å². The zero-order valence-corrected chi connectivity index (χ0v) is 11.7. The van der Waals surface area contributed by atoms with Crippen LogP contribution in [0.5, 0.6) is 0 Å². The van der Waals surface area contributed by atoms with Gasteiger partial charge in [0, 0.05) is 18.0 Å². The standard InChI is InChI=1S/C11H9BrN2O3S/c12-9-7-3-4-8(15)13(5-6-1-2-6)10(7)18-11(9)14(16)17/h3-4,6H,1-2,5H2. The van der Waals surface area contributed by atoms with Gasteiger partial charge < -0.3 is 0 Å². The van der Waals surface area contributed by atoms with E-state index in [2.05, 4.69) is 15.9 Å². The molecule has 0 spiro atoms. The molecule has 0 radical (unpaired) electrons. The third kappa shape index (κ3) is 1.87. The lowest BCUT2D eigenvalue weighted by Gasteiger charge is -2.04. The molecule has 0 N–H and O–H groups in total. The summed E-state index contributed by atoms with van der Waals surface area (Å²) in [7, 11) is 0. The van der Waals surface area contributed by atoms with Gasteiger partial charge in [0.25, 0.3) is 5.56 Å². The molecule has 0 unspecified atom stereocenters. The van der Waals surface area contributed by atoms with Gasteiger partial charge >= 0.3 is 5.00 Å². The lowest BCUT2D eigenvalue weighted by atomic mass is 10.3. The summed E-state index contributed by atoms with van der Waals surface area (Å²) in [6.45, 7) is 0.667. The fourth-order valence-electron chi connectivity index (χ4n) is 1.94. The molecule has 5 nitrogen and oxygen atoms in total. The van der Waals surface area contributed by atoms with Gasteiger partial charge in [0.05, 0.1) is 4.92 Å². The van der Waals surface area contributed by atoms with E-state index in [-0.39, 0.29) is 10.6 Å². The van der Waals surface area contributed by atoms with Gasteiger partial charge in [-0.05, 0) is 52.1 Å². The van der Waals surface area contributed by atoms with Crippen molar-refractivity contribution >= 4 is 42.5 Å². The molecule has 0 saturated heterocycles. The number of nitro groups is 1. The van der Waals surface area contributed by atoms with E-state index < -0.39 is 4.92 Å². The SMILES string of the molecule is O=c1ccc2c(Br)c([N+](=O)[O-])sc2n1CC1CC1. The Hall–Kier alpha value is -1.21. The third-order valence-corrected chi connectivity index (χ3v) is 5.30. The van der Waals surface area contributed by atoms with E-state index in [1.54, 1.807) is 10.6 Å². The second-order valence-corrected chi connectivity index (χ2v) is 6.19. The minimum atomic E-state index is -0.416. The Balaban J connectivity index is 2.26. The van der Waals surface area contributed by atoms with Gasteiger partial charge in [-0.15, -0.1) is 0 Å². The molecule has 2 aromatic rings. The predicted octanol–water partition coefficient (Wildman–Crippen LogP) is 3.14. The quantitative estimate of drug-likeness (QED) is 0.642. The summed E-state index contributed by atoms with van der Waals surface area (Å²) in [5.41, 5.74) is -0.0851. The van der Waals surface area contributed by atoms with Crippen molar-refractivity contribution in [2.24, 2.45) is 5.92 Å². The average molecular weight is 329 g/mol. The Morgan fingerprint density at radius 2 is 2.22 bits per heavy atom. The summed E-state index contributed by atoms with van der Waals surface area (Å²) in [5.74, 6) is 0.549. The molecule has 1 aliphatic rings. The molecule has 7 heteroatoms. The molecule has 3 rings (SSSR count). The Labute approximate surface area is 114 Å². The largest absolute Gasteiger partial charge is 0.340 e. The van der Waals surface area contributed by atoms with Gasteiger partial charge in [-0.25, -0.2) is 0 Å². The van der Waals surface area contributed by atoms with Crippen molar-refractivity contribution in [1.29, 1.82) is 0 Å². The van der Waals surface area contributed by atoms with Crippen LogP contribution in [0.3, 0.4) is 0 Å². The van der Waals surface area contributed by atoms with Gasteiger partial charge in [0.15, 0.2) is 0 Å². The average Bonchev–Trinajstić information content (AvgIpc) is 3.06. The second kappa shape index (κ2) is 4.17. The molecular formula is C11H9BrN2O3S. The van der Waals surface area contributed by atoms with Gasteiger partial charge in [0.2, 0.25) is 0 Å². The highest BCUT2D eigenvalue weighted by molar-refractivity contribution is 9.10. The number of rotatable bonds is 3. The van der Waals surface area contributed by atoms with Crippen LogP contribution in [-0.4, -0.2) is 9.49 Å². The maximum absolute atomic E-state index is 11.9. The smallest absolute Gasteiger partial charge is 0.299 e. The van der Waals surface area contributed by atoms with Gasteiger partial charge in [-0.3, -0.25) is 19.5 Å². The van der Waals surface area contributed by atoms with Crippen LogP contribution in [0.4, 0.5) is 5.00 Å². The summed E-state index contributed by atoms with van der Waals surface area (Å²) in [4.78, 5) is 23.1. The summed E-state index contributed by atoms with van der Waals surface area (Å²) < 4.78 is 2.13. The summed E-state index contributed by atoms with van der Waals surface area (Å²) >= 11 is 4.31. The Bertz CT molecular complexity index is 702. The highest BCUT2D eigenvalue weighted by Crippen LogP contribution is 2.41. The fraction of sp³-hybridized carbons (Fsp3) is 0.364. The van der Waals surface area contributed by atoms with Gasteiger partial charge in [-0.1, -0.05) is 0 Å². The first-order valence-electron chi connectivity index (χ1n) is 5.54. The van der Waals surface area contributed by atoms with Crippen LogP contribution in [0.1, 0.15) is 12.8 Å². The Kier molecular flexibility index (Phi) is 2.74. The molecule has 1 fully saturated rings. The highest BCUT2D eigenvalue weighted by atomic mass is 79.9. The number of fused-ring (bicyclic) bond motifs is 1. The van der Waals surface area contributed by atoms with Crippen molar-refractivity contribution in [3.8, 4) is 0 Å². The maximum atomic E-state index is 11.9. The molecule has 2 aromatic heterocycles. The molecule has 1 aliphatic carbocycles. The number of hydrogen-bond donors (Lipinski definition) is 0. The van der Waals surface area contributed by atoms with Crippen molar-refractivity contribution in [3.63, 3.8) is 0 Å². The highest BCUT2D eigenvalue weighted by Gasteiger charge is 2.26. The van der Waals surface area contributed by atoms with E-state index in [9.17, 15) is 14.9 Å². The number of thiophene rings is 1. The number of pyridine rings is 1. The lowest BCUT2D eigenvalue weighted by Crippen LogP contribution is -2.19. The molecular weight excluding hydrogens is 320 g/mol. The fourth-order valence-corrected chi connectivity index (χ4v) is 3.79. The van der Waals surface area contributed by atoms with Gasteiger partial charge in [0.1, 0.15) is 9.30 Å². The molecule has 18 heavy (non-hydrogen) atoms. The van der Waals surface area contributed by atoms with E-state index in [1.165, 1.54) is 6.07 Å². The number of aromatic nitrogens is 1. The van der Waals surface area contributed by atoms with Crippen molar-refractivity contribution < 1.29 is 4.92 Å². The molecule has 0 bridgehead atoms. The van der Waals surface area contributed by atoms with Crippen LogP contribution in [0, 0.1) is 16.0 Å². The minimum Gasteiger partial charge on any atom is -0.299 e. The van der Waals surface area contributed by atoms with Crippen molar-refractivity contribution in [2.75, 3.05) is 0 Å². The molecule has 0 aromatic carbocycles. The van der Waals surface area contributed by atoms with Crippen LogP contribution in [0.25, 0.3) is 10.2 Å². The van der Waals surface area contributed by atoms with E-state index in [0.29, 0.717) is 21.8 Å². The number of halogens is 1. The minimum absolute atomic E-state index is 0.0557. The van der Waals surface area contributed by atoms with E-state index in [4.69, 9.17) is 0 Å². The van der Waals surface area contributed by atoms with Crippen LogP contribution < -0.4 is 5.56 Å².